The van der Waals surface area contributed by atoms with Crippen molar-refractivity contribution in [2.75, 3.05) is 24.2 Å². The van der Waals surface area contributed by atoms with Gasteiger partial charge in [-0.2, -0.15) is 0 Å². The minimum Gasteiger partial charge on any atom is -0.398 e. The van der Waals surface area contributed by atoms with Crippen molar-refractivity contribution in [1.29, 1.82) is 0 Å². The molecule has 1 aromatic rings. The van der Waals surface area contributed by atoms with E-state index in [2.05, 4.69) is 5.32 Å². The largest absolute Gasteiger partial charge is 0.398 e. The number of aliphatic hydroxyl groups is 1. The third kappa shape index (κ3) is 3.26. The molecule has 0 aliphatic heterocycles. The van der Waals surface area contributed by atoms with E-state index in [4.69, 9.17) is 5.73 Å². The minimum atomic E-state index is -0.0137. The summed E-state index contributed by atoms with van der Waals surface area (Å²) in [7, 11) is 0. The summed E-state index contributed by atoms with van der Waals surface area (Å²) in [6.07, 6.45) is 3.48. The van der Waals surface area contributed by atoms with E-state index in [1.54, 1.807) is 12.1 Å². The number of nitrogens with two attached hydrogens (primary N) is 1. The highest BCUT2D eigenvalue weighted by atomic mass is 16.3. The van der Waals surface area contributed by atoms with Crippen molar-refractivity contribution in [3.63, 3.8) is 0 Å². The molecule has 104 valence electrons. The number of carbonyl (C=O) groups is 1. The molecule has 0 saturated heterocycles. The molecule has 1 saturated carbocycles. The van der Waals surface area contributed by atoms with Crippen LogP contribution in [0.4, 0.5) is 11.4 Å². The van der Waals surface area contributed by atoms with Gasteiger partial charge in [0.1, 0.15) is 0 Å². The first kappa shape index (κ1) is 13.9. The Morgan fingerprint density at radius 1 is 1.42 bits per heavy atom. The van der Waals surface area contributed by atoms with Gasteiger partial charge in [-0.15, -0.1) is 0 Å². The molecule has 0 bridgehead atoms. The molecule has 19 heavy (non-hydrogen) atoms. The molecule has 0 radical (unpaired) electrons. The number of aliphatic hydroxyl groups excluding tert-OH is 1. The summed E-state index contributed by atoms with van der Waals surface area (Å²) < 4.78 is 0. The van der Waals surface area contributed by atoms with E-state index < -0.39 is 0 Å². The second-order valence-corrected chi connectivity index (χ2v) is 5.37. The van der Waals surface area contributed by atoms with E-state index in [0.29, 0.717) is 23.1 Å². The maximum atomic E-state index is 11.3. The normalized spacial score (nSPS) is 22.4. The summed E-state index contributed by atoms with van der Waals surface area (Å²) in [5.74, 6) is 0.931. The smallest absolute Gasteiger partial charge is 0.161 e. The zero-order valence-electron chi connectivity index (χ0n) is 11.4. The number of carbonyl (C=O) groups excluding carboxylic acids is 1. The second-order valence-electron chi connectivity index (χ2n) is 5.37. The van der Waals surface area contributed by atoms with Gasteiger partial charge >= 0.3 is 0 Å². The molecule has 4 N–H and O–H groups in total. The molecular formula is C15H22N2O2. The lowest BCUT2D eigenvalue weighted by Gasteiger charge is -2.18. The highest BCUT2D eigenvalue weighted by Gasteiger charge is 2.26. The lowest BCUT2D eigenvalue weighted by Crippen LogP contribution is -2.20. The topological polar surface area (TPSA) is 75.3 Å². The summed E-state index contributed by atoms with van der Waals surface area (Å²) in [5, 5.41) is 12.6. The van der Waals surface area contributed by atoms with E-state index in [1.807, 2.05) is 6.07 Å². The van der Waals surface area contributed by atoms with Crippen LogP contribution in [0, 0.1) is 11.8 Å². The van der Waals surface area contributed by atoms with Crippen molar-refractivity contribution in [3.8, 4) is 0 Å². The Labute approximate surface area is 114 Å². The SMILES string of the molecule is CC(=O)c1ccc(NCC2CCCC2CO)cc1N. The molecule has 0 heterocycles. The zero-order chi connectivity index (χ0) is 13.8. The third-order valence-corrected chi connectivity index (χ3v) is 4.05. The summed E-state index contributed by atoms with van der Waals surface area (Å²) >= 11 is 0. The van der Waals surface area contributed by atoms with Crippen molar-refractivity contribution in [3.05, 3.63) is 23.8 Å². The first-order chi connectivity index (χ1) is 9.11. The molecule has 1 fully saturated rings. The van der Waals surface area contributed by atoms with Crippen LogP contribution in [-0.2, 0) is 0 Å². The third-order valence-electron chi connectivity index (χ3n) is 4.05. The van der Waals surface area contributed by atoms with Crippen molar-refractivity contribution in [1.82, 2.24) is 0 Å². The van der Waals surface area contributed by atoms with E-state index in [-0.39, 0.29) is 12.4 Å². The first-order valence-electron chi connectivity index (χ1n) is 6.87. The van der Waals surface area contributed by atoms with Crippen LogP contribution in [0.15, 0.2) is 18.2 Å². The Morgan fingerprint density at radius 3 is 2.79 bits per heavy atom. The van der Waals surface area contributed by atoms with E-state index in [0.717, 1.165) is 18.7 Å². The van der Waals surface area contributed by atoms with Crippen LogP contribution >= 0.6 is 0 Å². The maximum absolute atomic E-state index is 11.3. The number of hydrogen-bond donors (Lipinski definition) is 3. The fourth-order valence-electron chi connectivity index (χ4n) is 2.86. The molecule has 1 aliphatic rings. The van der Waals surface area contributed by atoms with Crippen LogP contribution in [0.2, 0.25) is 0 Å². The zero-order valence-corrected chi connectivity index (χ0v) is 11.4. The Bertz CT molecular complexity index is 459. The molecular weight excluding hydrogens is 240 g/mol. The molecule has 0 amide bonds. The van der Waals surface area contributed by atoms with Crippen LogP contribution < -0.4 is 11.1 Å². The molecule has 0 aromatic heterocycles. The fraction of sp³-hybridized carbons (Fsp3) is 0.533. The number of hydrogen-bond acceptors (Lipinski definition) is 4. The molecule has 1 aromatic carbocycles. The number of rotatable bonds is 5. The summed E-state index contributed by atoms with van der Waals surface area (Å²) in [6, 6.07) is 5.45. The average molecular weight is 262 g/mol. The Kier molecular flexibility index (Phi) is 4.43. The number of nitrogen functional groups attached to an aromatic ring is 1. The van der Waals surface area contributed by atoms with Crippen LogP contribution in [0.5, 0.6) is 0 Å². The van der Waals surface area contributed by atoms with Crippen molar-refractivity contribution in [2.45, 2.75) is 26.2 Å². The number of ketones is 1. The van der Waals surface area contributed by atoms with Gasteiger partial charge < -0.3 is 16.2 Å². The number of Topliss-reactive ketones (excluding diaryl/α,β-unsaturated/α-hetero) is 1. The van der Waals surface area contributed by atoms with Crippen molar-refractivity contribution < 1.29 is 9.90 Å². The van der Waals surface area contributed by atoms with Crippen LogP contribution in [0.25, 0.3) is 0 Å². The summed E-state index contributed by atoms with van der Waals surface area (Å²) in [6.45, 7) is 2.64. The van der Waals surface area contributed by atoms with Gasteiger partial charge in [-0.25, -0.2) is 0 Å². The van der Waals surface area contributed by atoms with Gasteiger partial charge in [0.25, 0.3) is 0 Å². The number of nitrogens with one attached hydrogen (secondary N) is 1. The van der Waals surface area contributed by atoms with Crippen LogP contribution in [-0.4, -0.2) is 24.0 Å². The molecule has 4 nitrogen and oxygen atoms in total. The molecule has 2 rings (SSSR count). The highest BCUT2D eigenvalue weighted by molar-refractivity contribution is 5.99. The monoisotopic (exact) mass is 262 g/mol. The van der Waals surface area contributed by atoms with Gasteiger partial charge in [0.05, 0.1) is 0 Å². The van der Waals surface area contributed by atoms with Crippen LogP contribution in [0.1, 0.15) is 36.5 Å². The number of anilines is 2. The van der Waals surface area contributed by atoms with Crippen LogP contribution in [0.3, 0.4) is 0 Å². The Morgan fingerprint density at radius 2 is 2.16 bits per heavy atom. The fourth-order valence-corrected chi connectivity index (χ4v) is 2.86. The first-order valence-corrected chi connectivity index (χ1v) is 6.87. The van der Waals surface area contributed by atoms with E-state index in [1.165, 1.54) is 19.8 Å². The van der Waals surface area contributed by atoms with Gasteiger partial charge in [0.2, 0.25) is 0 Å². The Hall–Kier alpha value is -1.55. The molecule has 2 unspecified atom stereocenters. The van der Waals surface area contributed by atoms with Gasteiger partial charge in [-0.3, -0.25) is 4.79 Å². The molecule has 0 spiro atoms. The van der Waals surface area contributed by atoms with E-state index in [9.17, 15) is 9.90 Å². The predicted octanol–water partition coefficient (Wildman–Crippen LogP) is 2.29. The predicted molar refractivity (Wildman–Crippen MR) is 77.3 cm³/mol. The quantitative estimate of drug-likeness (QED) is 0.562. The summed E-state index contributed by atoms with van der Waals surface area (Å²) in [5.41, 5.74) is 7.88. The van der Waals surface area contributed by atoms with Crippen molar-refractivity contribution >= 4 is 17.2 Å². The average Bonchev–Trinajstić information content (AvgIpc) is 2.83. The summed E-state index contributed by atoms with van der Waals surface area (Å²) in [4.78, 5) is 11.3. The molecule has 1 aliphatic carbocycles. The lowest BCUT2D eigenvalue weighted by molar-refractivity contribution is 0.101. The number of benzene rings is 1. The van der Waals surface area contributed by atoms with Gasteiger partial charge in [0, 0.05) is 30.1 Å². The van der Waals surface area contributed by atoms with Gasteiger partial charge in [-0.1, -0.05) is 6.42 Å². The molecule has 2 atom stereocenters. The van der Waals surface area contributed by atoms with Crippen molar-refractivity contribution in [2.24, 2.45) is 11.8 Å². The lowest BCUT2D eigenvalue weighted by atomic mass is 9.97. The van der Waals surface area contributed by atoms with Gasteiger partial charge in [-0.05, 0) is 49.8 Å². The van der Waals surface area contributed by atoms with E-state index >= 15 is 0 Å². The standard InChI is InChI=1S/C15H22N2O2/c1-10(19)14-6-5-13(7-15(14)16)17-8-11-3-2-4-12(11)9-18/h5-7,11-12,17-18H,2-4,8-9,16H2,1H3. The second kappa shape index (κ2) is 6.06. The highest BCUT2D eigenvalue weighted by Crippen LogP contribution is 2.31. The van der Waals surface area contributed by atoms with Gasteiger partial charge in [0.15, 0.2) is 5.78 Å². The minimum absolute atomic E-state index is 0.0137. The Balaban J connectivity index is 1.96. The molecule has 4 heteroatoms. The maximum Gasteiger partial charge on any atom is 0.161 e.